The van der Waals surface area contributed by atoms with Gasteiger partial charge in [-0.2, -0.15) is 0 Å². The first-order chi connectivity index (χ1) is 8.63. The summed E-state index contributed by atoms with van der Waals surface area (Å²) in [6.45, 7) is 2.06. The van der Waals surface area contributed by atoms with E-state index in [9.17, 15) is 9.59 Å². The average Bonchev–Trinajstić information content (AvgIpc) is 2.38. The van der Waals surface area contributed by atoms with Gasteiger partial charge in [-0.1, -0.05) is 42.5 Å². The van der Waals surface area contributed by atoms with E-state index in [0.717, 1.165) is 0 Å². The molecule has 1 aromatic carbocycles. The lowest BCUT2D eigenvalue weighted by Crippen LogP contribution is -2.30. The van der Waals surface area contributed by atoms with E-state index in [2.05, 4.69) is 5.32 Å². The van der Waals surface area contributed by atoms with Gasteiger partial charge in [-0.05, 0) is 6.92 Å². The fourth-order valence-corrected chi connectivity index (χ4v) is 1.52. The van der Waals surface area contributed by atoms with Crippen LogP contribution in [0.2, 0.25) is 0 Å². The fourth-order valence-electron chi connectivity index (χ4n) is 1.32. The van der Waals surface area contributed by atoms with Crippen LogP contribution in [0.15, 0.2) is 30.3 Å². The second-order valence-corrected chi connectivity index (χ2v) is 4.04. The van der Waals surface area contributed by atoms with Gasteiger partial charge < -0.3 is 10.1 Å². The molecule has 4 nitrogen and oxygen atoms in total. The normalized spacial score (nSPS) is 9.61. The summed E-state index contributed by atoms with van der Waals surface area (Å²) in [5, 5.41) is 2.70. The molecular formula is C13H15NO3S. The number of carbonyl (C=O) groups is 2. The molecule has 18 heavy (non-hydrogen) atoms. The minimum Gasteiger partial charge on any atom is -0.465 e. The van der Waals surface area contributed by atoms with Gasteiger partial charge in [-0.3, -0.25) is 9.59 Å². The molecular weight excluding hydrogens is 250 g/mol. The average molecular weight is 265 g/mol. The van der Waals surface area contributed by atoms with Gasteiger partial charge in [0.1, 0.15) is 6.54 Å². The van der Waals surface area contributed by atoms with Gasteiger partial charge in [0.15, 0.2) is 5.78 Å². The molecule has 0 fully saturated rings. The molecule has 0 heterocycles. The molecule has 5 heteroatoms. The predicted molar refractivity (Wildman–Crippen MR) is 72.6 cm³/mol. The summed E-state index contributed by atoms with van der Waals surface area (Å²) in [6.07, 6.45) is 0.0960. The molecule has 0 saturated carbocycles. The number of hydrogen-bond donors (Lipinski definition) is 1. The van der Waals surface area contributed by atoms with E-state index >= 15 is 0 Å². The maximum Gasteiger partial charge on any atom is 0.325 e. The number of benzene rings is 1. The largest absolute Gasteiger partial charge is 0.465 e. The van der Waals surface area contributed by atoms with E-state index < -0.39 is 0 Å². The topological polar surface area (TPSA) is 55.4 Å². The highest BCUT2D eigenvalue weighted by Crippen LogP contribution is 2.03. The number of ether oxygens (including phenoxy) is 1. The van der Waals surface area contributed by atoms with Gasteiger partial charge in [0.25, 0.3) is 0 Å². The molecule has 0 aliphatic heterocycles. The van der Waals surface area contributed by atoms with Crippen LogP contribution >= 0.6 is 12.2 Å². The third-order valence-corrected chi connectivity index (χ3v) is 2.44. The second-order valence-electron chi connectivity index (χ2n) is 3.55. The van der Waals surface area contributed by atoms with Crippen LogP contribution in [0.3, 0.4) is 0 Å². The molecule has 0 saturated heterocycles. The molecule has 0 amide bonds. The van der Waals surface area contributed by atoms with Crippen molar-refractivity contribution in [1.82, 2.24) is 5.32 Å². The summed E-state index contributed by atoms with van der Waals surface area (Å²) in [4.78, 5) is 23.2. The molecule has 1 aromatic rings. The number of ketones is 1. The van der Waals surface area contributed by atoms with Crippen molar-refractivity contribution in [3.63, 3.8) is 0 Å². The molecule has 0 aliphatic rings. The van der Waals surface area contributed by atoms with Crippen LogP contribution in [-0.2, 0) is 9.53 Å². The number of thiocarbonyl (C=S) groups is 1. The molecule has 1 rings (SSSR count). The quantitative estimate of drug-likeness (QED) is 0.482. The van der Waals surface area contributed by atoms with E-state index in [1.165, 1.54) is 0 Å². The van der Waals surface area contributed by atoms with Crippen LogP contribution in [0.25, 0.3) is 0 Å². The Kier molecular flexibility index (Phi) is 6.00. The molecule has 0 spiro atoms. The first kappa shape index (κ1) is 14.3. The zero-order valence-electron chi connectivity index (χ0n) is 10.1. The van der Waals surface area contributed by atoms with Crippen molar-refractivity contribution in [3.8, 4) is 0 Å². The molecule has 0 unspecified atom stereocenters. The molecule has 0 radical (unpaired) electrons. The maximum atomic E-state index is 11.8. The van der Waals surface area contributed by atoms with Crippen LogP contribution < -0.4 is 5.32 Å². The maximum absolute atomic E-state index is 11.8. The summed E-state index contributed by atoms with van der Waals surface area (Å²) in [5.41, 5.74) is 0.609. The van der Waals surface area contributed by atoms with E-state index in [4.69, 9.17) is 17.0 Å². The number of esters is 1. The Morgan fingerprint density at radius 3 is 2.56 bits per heavy atom. The summed E-state index contributed by atoms with van der Waals surface area (Å²) >= 11 is 4.99. The lowest BCUT2D eigenvalue weighted by Gasteiger charge is -2.06. The fraction of sp³-hybridized carbons (Fsp3) is 0.308. The van der Waals surface area contributed by atoms with E-state index in [-0.39, 0.29) is 24.7 Å². The summed E-state index contributed by atoms with van der Waals surface area (Å²) in [7, 11) is 0. The first-order valence-corrected chi connectivity index (χ1v) is 6.05. The Morgan fingerprint density at radius 2 is 1.94 bits per heavy atom. The molecule has 0 aromatic heterocycles. The predicted octanol–water partition coefficient (Wildman–Crippen LogP) is 1.74. The van der Waals surface area contributed by atoms with Gasteiger partial charge in [0.05, 0.1) is 18.0 Å². The van der Waals surface area contributed by atoms with Crippen LogP contribution in [0.4, 0.5) is 0 Å². The highest BCUT2D eigenvalue weighted by atomic mass is 32.1. The Balaban J connectivity index is 2.37. The van der Waals surface area contributed by atoms with Gasteiger partial charge in [0.2, 0.25) is 0 Å². The van der Waals surface area contributed by atoms with Crippen molar-refractivity contribution in [2.24, 2.45) is 0 Å². The lowest BCUT2D eigenvalue weighted by molar-refractivity contribution is -0.141. The van der Waals surface area contributed by atoms with Gasteiger partial charge in [-0.25, -0.2) is 0 Å². The van der Waals surface area contributed by atoms with Crippen LogP contribution in [-0.4, -0.2) is 29.9 Å². The number of rotatable bonds is 6. The molecule has 96 valence electrons. The van der Waals surface area contributed by atoms with E-state index in [1.807, 2.05) is 6.07 Å². The Hall–Kier alpha value is -1.75. The summed E-state index contributed by atoms with van der Waals surface area (Å²) < 4.78 is 4.74. The number of carbonyl (C=O) groups excluding carboxylic acids is 2. The smallest absolute Gasteiger partial charge is 0.325 e. The van der Waals surface area contributed by atoms with Crippen molar-refractivity contribution in [3.05, 3.63) is 35.9 Å². The minimum atomic E-state index is -0.382. The van der Waals surface area contributed by atoms with Crippen molar-refractivity contribution in [2.45, 2.75) is 13.3 Å². The second kappa shape index (κ2) is 7.55. The lowest BCUT2D eigenvalue weighted by atomic mass is 10.1. The summed E-state index contributed by atoms with van der Waals surface area (Å²) in [5.74, 6) is -0.455. The Bertz CT molecular complexity index is 431. The van der Waals surface area contributed by atoms with Crippen LogP contribution in [0.5, 0.6) is 0 Å². The standard InChI is InChI=1S/C13H15NO3S/c1-2-17-13(16)9-14-12(18)8-11(15)10-6-4-3-5-7-10/h3-7H,2,8-9H2,1H3,(H,14,18). The highest BCUT2D eigenvalue weighted by Gasteiger charge is 2.09. The van der Waals surface area contributed by atoms with Crippen molar-refractivity contribution in [1.29, 1.82) is 0 Å². The molecule has 1 N–H and O–H groups in total. The minimum absolute atomic E-state index is 0.00522. The third kappa shape index (κ3) is 5.05. The SMILES string of the molecule is CCOC(=O)CNC(=S)CC(=O)c1ccccc1. The number of Topliss-reactive ketones (excluding diaryl/α,β-unsaturated/α-hetero) is 1. The monoisotopic (exact) mass is 265 g/mol. The van der Waals surface area contributed by atoms with Crippen LogP contribution in [0.1, 0.15) is 23.7 Å². The van der Waals surface area contributed by atoms with Crippen molar-refractivity contribution < 1.29 is 14.3 Å². The third-order valence-electron chi connectivity index (χ3n) is 2.15. The van der Waals surface area contributed by atoms with Crippen molar-refractivity contribution >= 4 is 29.0 Å². The summed E-state index contributed by atoms with van der Waals surface area (Å²) in [6, 6.07) is 8.89. The molecule has 0 aliphatic carbocycles. The van der Waals surface area contributed by atoms with Gasteiger partial charge in [0, 0.05) is 5.56 Å². The highest BCUT2D eigenvalue weighted by molar-refractivity contribution is 7.80. The van der Waals surface area contributed by atoms with E-state index in [0.29, 0.717) is 17.2 Å². The Labute approximate surface area is 111 Å². The zero-order valence-corrected chi connectivity index (χ0v) is 11.0. The Morgan fingerprint density at radius 1 is 1.28 bits per heavy atom. The number of hydrogen-bond acceptors (Lipinski definition) is 4. The van der Waals surface area contributed by atoms with Crippen molar-refractivity contribution in [2.75, 3.05) is 13.2 Å². The first-order valence-electron chi connectivity index (χ1n) is 5.64. The van der Waals surface area contributed by atoms with Crippen LogP contribution in [0, 0.1) is 0 Å². The van der Waals surface area contributed by atoms with Gasteiger partial charge in [-0.15, -0.1) is 0 Å². The zero-order chi connectivity index (χ0) is 13.4. The molecule has 0 atom stereocenters. The van der Waals surface area contributed by atoms with E-state index in [1.54, 1.807) is 31.2 Å². The number of nitrogens with one attached hydrogen (secondary N) is 1. The van der Waals surface area contributed by atoms with Gasteiger partial charge >= 0.3 is 5.97 Å². The molecule has 0 bridgehead atoms.